The average Bonchev–Trinajstić information content (AvgIpc) is 2.02. The topological polar surface area (TPSA) is 72.5 Å². The monoisotopic (exact) mass is 243 g/mol. The minimum absolute atomic E-state index is 0.155. The Labute approximate surface area is 88.8 Å². The summed E-state index contributed by atoms with van der Waals surface area (Å²) >= 11 is 5.41. The minimum atomic E-state index is -3.62. The first kappa shape index (κ1) is 13.7. The van der Waals surface area contributed by atoms with Crippen molar-refractivity contribution in [3.05, 3.63) is 0 Å². The van der Waals surface area contributed by atoms with E-state index in [1.54, 1.807) is 13.8 Å². The Morgan fingerprint density at radius 2 is 2.14 bits per heavy atom. The number of carbonyl (C=O) groups is 1. The van der Waals surface area contributed by atoms with Crippen molar-refractivity contribution in [2.45, 2.75) is 19.9 Å². The number of sulfonamides is 1. The molecule has 0 amide bonds. The maximum absolute atomic E-state index is 11.2. The molecule has 0 radical (unpaired) electrons. The van der Waals surface area contributed by atoms with Gasteiger partial charge in [0, 0.05) is 11.9 Å². The van der Waals surface area contributed by atoms with E-state index >= 15 is 0 Å². The van der Waals surface area contributed by atoms with Crippen LogP contribution in [0.4, 0.5) is 0 Å². The molecule has 0 rings (SSSR count). The Morgan fingerprint density at radius 1 is 1.57 bits per heavy atom. The van der Waals surface area contributed by atoms with Crippen LogP contribution >= 0.6 is 11.6 Å². The van der Waals surface area contributed by atoms with Gasteiger partial charge in [-0.15, -0.1) is 11.6 Å². The predicted octanol–water partition coefficient (Wildman–Crippen LogP) is 0.0962. The molecule has 0 fully saturated rings. The van der Waals surface area contributed by atoms with E-state index in [0.717, 1.165) is 0 Å². The van der Waals surface area contributed by atoms with Gasteiger partial charge in [-0.2, -0.15) is 0 Å². The molecule has 0 spiro atoms. The van der Waals surface area contributed by atoms with Gasteiger partial charge in [-0.1, -0.05) is 0 Å². The zero-order chi connectivity index (χ0) is 11.2. The molecule has 1 N–H and O–H groups in total. The van der Waals surface area contributed by atoms with Gasteiger partial charge in [0.15, 0.2) is 5.75 Å². The number of carbonyl (C=O) groups excluding carboxylic acids is 1. The highest BCUT2D eigenvalue weighted by Crippen LogP contribution is 1.93. The summed E-state index contributed by atoms with van der Waals surface area (Å²) in [5.74, 6) is -1.27. The first-order valence-electron chi connectivity index (χ1n) is 4.13. The maximum atomic E-state index is 11.2. The van der Waals surface area contributed by atoms with Gasteiger partial charge in [-0.25, -0.2) is 13.1 Å². The molecule has 5 nitrogen and oxygen atoms in total. The van der Waals surface area contributed by atoms with E-state index in [4.69, 9.17) is 11.6 Å². The number of rotatable bonds is 6. The summed E-state index contributed by atoms with van der Waals surface area (Å²) in [6.07, 6.45) is 0. The second-order valence-corrected chi connectivity index (χ2v) is 4.80. The zero-order valence-corrected chi connectivity index (χ0v) is 9.69. The molecule has 0 saturated heterocycles. The number of alkyl halides is 1. The van der Waals surface area contributed by atoms with Crippen molar-refractivity contribution in [3.8, 4) is 0 Å². The molecule has 0 aromatic carbocycles. The number of hydrogen-bond acceptors (Lipinski definition) is 4. The van der Waals surface area contributed by atoms with Gasteiger partial charge in [0.1, 0.15) is 0 Å². The quantitative estimate of drug-likeness (QED) is 0.530. The molecular formula is C7H14ClNO4S. The average molecular weight is 244 g/mol. The molecular weight excluding hydrogens is 230 g/mol. The van der Waals surface area contributed by atoms with Gasteiger partial charge in [0.05, 0.1) is 6.61 Å². The van der Waals surface area contributed by atoms with Crippen LogP contribution < -0.4 is 4.72 Å². The first-order valence-corrected chi connectivity index (χ1v) is 6.31. The molecule has 0 saturated carbocycles. The van der Waals surface area contributed by atoms with Crippen molar-refractivity contribution in [2.75, 3.05) is 18.2 Å². The van der Waals surface area contributed by atoms with Gasteiger partial charge in [-0.05, 0) is 13.8 Å². The van der Waals surface area contributed by atoms with Crippen LogP contribution in [0.1, 0.15) is 13.8 Å². The van der Waals surface area contributed by atoms with E-state index in [2.05, 4.69) is 9.46 Å². The summed E-state index contributed by atoms with van der Waals surface area (Å²) in [4.78, 5) is 10.9. The molecule has 0 aliphatic carbocycles. The van der Waals surface area contributed by atoms with E-state index in [9.17, 15) is 13.2 Å². The van der Waals surface area contributed by atoms with E-state index < -0.39 is 27.8 Å². The lowest BCUT2D eigenvalue weighted by Gasteiger charge is -2.10. The molecule has 0 aromatic rings. The smallest absolute Gasteiger partial charge is 0.322 e. The molecule has 84 valence electrons. The Bertz CT molecular complexity index is 277. The van der Waals surface area contributed by atoms with Crippen molar-refractivity contribution < 1.29 is 17.9 Å². The van der Waals surface area contributed by atoms with E-state index in [0.29, 0.717) is 0 Å². The second-order valence-electron chi connectivity index (χ2n) is 2.74. The summed E-state index contributed by atoms with van der Waals surface area (Å²) in [5, 5.41) is 0. The maximum Gasteiger partial charge on any atom is 0.322 e. The highest BCUT2D eigenvalue weighted by Gasteiger charge is 2.19. The van der Waals surface area contributed by atoms with Crippen molar-refractivity contribution in [2.24, 2.45) is 0 Å². The predicted molar refractivity (Wildman–Crippen MR) is 53.7 cm³/mol. The fraction of sp³-hybridized carbons (Fsp3) is 0.857. The molecule has 7 heteroatoms. The van der Waals surface area contributed by atoms with Crippen molar-refractivity contribution in [1.82, 2.24) is 4.72 Å². The summed E-state index contributed by atoms with van der Waals surface area (Å²) in [5.41, 5.74) is 0. The number of ether oxygens (including phenoxy) is 1. The molecule has 0 bridgehead atoms. The second kappa shape index (κ2) is 6.21. The molecule has 0 aromatic heterocycles. The van der Waals surface area contributed by atoms with Crippen LogP contribution in [0.15, 0.2) is 0 Å². The molecule has 0 aliphatic rings. The lowest BCUT2D eigenvalue weighted by atomic mass is 10.4. The number of halogens is 1. The van der Waals surface area contributed by atoms with Crippen LogP contribution in [-0.2, 0) is 19.6 Å². The van der Waals surface area contributed by atoms with E-state index in [1.807, 2.05) is 0 Å². The molecule has 1 atom stereocenters. The van der Waals surface area contributed by atoms with Gasteiger partial charge < -0.3 is 4.74 Å². The summed E-state index contributed by atoms with van der Waals surface area (Å²) in [7, 11) is -3.62. The van der Waals surface area contributed by atoms with Crippen LogP contribution in [0.25, 0.3) is 0 Å². The van der Waals surface area contributed by atoms with E-state index in [-0.39, 0.29) is 12.5 Å². The summed E-state index contributed by atoms with van der Waals surface area (Å²) in [6, 6.07) is -0.393. The third-order valence-electron chi connectivity index (χ3n) is 1.23. The third-order valence-corrected chi connectivity index (χ3v) is 3.07. The SMILES string of the molecule is CCOC(=O)CS(=O)(=O)NC(C)CCl. The number of esters is 1. The number of nitrogens with one attached hydrogen (secondary N) is 1. The summed E-state index contributed by atoms with van der Waals surface area (Å²) < 4.78 is 29.2. The fourth-order valence-corrected chi connectivity index (χ4v) is 2.08. The Hall–Kier alpha value is -0.330. The highest BCUT2D eigenvalue weighted by atomic mass is 35.5. The Balaban J connectivity index is 4.14. The van der Waals surface area contributed by atoms with Crippen molar-refractivity contribution in [1.29, 1.82) is 0 Å². The van der Waals surface area contributed by atoms with Gasteiger partial charge in [-0.3, -0.25) is 4.79 Å². The molecule has 14 heavy (non-hydrogen) atoms. The zero-order valence-electron chi connectivity index (χ0n) is 8.12. The van der Waals surface area contributed by atoms with Crippen LogP contribution in [0, 0.1) is 0 Å². The highest BCUT2D eigenvalue weighted by molar-refractivity contribution is 7.90. The largest absolute Gasteiger partial charge is 0.465 e. The minimum Gasteiger partial charge on any atom is -0.465 e. The molecule has 1 unspecified atom stereocenters. The normalized spacial score (nSPS) is 13.6. The standard InChI is InChI=1S/C7H14ClNO4S/c1-3-13-7(10)5-14(11,12)9-6(2)4-8/h6,9H,3-5H2,1-2H3. The lowest BCUT2D eigenvalue weighted by Crippen LogP contribution is -2.37. The van der Waals surface area contributed by atoms with Gasteiger partial charge in [0.25, 0.3) is 0 Å². The Kier molecular flexibility index (Phi) is 6.06. The van der Waals surface area contributed by atoms with E-state index in [1.165, 1.54) is 0 Å². The lowest BCUT2D eigenvalue weighted by molar-refractivity contribution is -0.139. The third kappa shape index (κ3) is 6.17. The molecule has 0 aliphatic heterocycles. The van der Waals surface area contributed by atoms with Crippen molar-refractivity contribution >= 4 is 27.6 Å². The van der Waals surface area contributed by atoms with Crippen LogP contribution in [0.5, 0.6) is 0 Å². The Morgan fingerprint density at radius 3 is 2.57 bits per heavy atom. The van der Waals surface area contributed by atoms with Gasteiger partial charge in [0.2, 0.25) is 10.0 Å². The van der Waals surface area contributed by atoms with Crippen LogP contribution in [0.2, 0.25) is 0 Å². The van der Waals surface area contributed by atoms with Crippen LogP contribution in [-0.4, -0.2) is 38.7 Å². The number of hydrogen-bond donors (Lipinski definition) is 1. The summed E-state index contributed by atoms with van der Waals surface area (Å²) in [6.45, 7) is 3.38. The van der Waals surface area contributed by atoms with Gasteiger partial charge >= 0.3 is 5.97 Å². The van der Waals surface area contributed by atoms with Crippen LogP contribution in [0.3, 0.4) is 0 Å². The first-order chi connectivity index (χ1) is 6.41. The van der Waals surface area contributed by atoms with Crippen molar-refractivity contribution in [3.63, 3.8) is 0 Å². The fourth-order valence-electron chi connectivity index (χ4n) is 0.737. The molecule has 0 heterocycles.